The number of hydrogen-bond donors (Lipinski definition) is 1. The summed E-state index contributed by atoms with van der Waals surface area (Å²) in [6, 6.07) is 13.4. The number of aromatic nitrogens is 4. The van der Waals surface area contributed by atoms with Gasteiger partial charge in [-0.2, -0.15) is 4.68 Å². The van der Waals surface area contributed by atoms with Crippen LogP contribution >= 0.6 is 0 Å². The first-order valence-electron chi connectivity index (χ1n) is 8.36. The molecule has 1 aliphatic rings. The van der Waals surface area contributed by atoms with Crippen molar-refractivity contribution in [3.63, 3.8) is 0 Å². The maximum atomic E-state index is 5.55. The third-order valence-corrected chi connectivity index (χ3v) is 4.48. The molecule has 0 fully saturated rings. The van der Waals surface area contributed by atoms with Gasteiger partial charge in [-0.3, -0.25) is 0 Å². The van der Waals surface area contributed by atoms with E-state index in [0.29, 0.717) is 11.7 Å². The molecule has 0 spiro atoms. The minimum atomic E-state index is -0.163. The molecule has 0 radical (unpaired) electrons. The van der Waals surface area contributed by atoms with Crippen LogP contribution in [0.4, 0.5) is 5.95 Å². The zero-order chi connectivity index (χ0) is 18.8. The summed E-state index contributed by atoms with van der Waals surface area (Å²) in [4.78, 5) is 0. The zero-order valence-corrected chi connectivity index (χ0v) is 15.2. The average molecular weight is 365 g/mol. The van der Waals surface area contributed by atoms with Crippen molar-refractivity contribution in [3.05, 3.63) is 59.7 Å². The SMILES string of the molecule is COc1ccc(C2C=C(c3ccc(OC)cc3OC)Nc3nnnn32)cc1. The lowest BCUT2D eigenvalue weighted by Crippen LogP contribution is -2.20. The van der Waals surface area contributed by atoms with Crippen LogP contribution < -0.4 is 19.5 Å². The quantitative estimate of drug-likeness (QED) is 0.744. The Morgan fingerprint density at radius 1 is 0.926 bits per heavy atom. The summed E-state index contributed by atoms with van der Waals surface area (Å²) >= 11 is 0. The molecular weight excluding hydrogens is 346 g/mol. The Hall–Kier alpha value is -3.55. The molecule has 0 bridgehead atoms. The molecule has 27 heavy (non-hydrogen) atoms. The van der Waals surface area contributed by atoms with Crippen LogP contribution in [0, 0.1) is 0 Å². The number of rotatable bonds is 5. The Morgan fingerprint density at radius 3 is 2.37 bits per heavy atom. The van der Waals surface area contributed by atoms with Crippen molar-refractivity contribution in [1.29, 1.82) is 0 Å². The average Bonchev–Trinajstić information content (AvgIpc) is 3.21. The molecule has 4 rings (SSSR count). The van der Waals surface area contributed by atoms with Crippen LogP contribution in [0.15, 0.2) is 48.5 Å². The maximum Gasteiger partial charge on any atom is 0.248 e. The van der Waals surface area contributed by atoms with Crippen molar-refractivity contribution in [3.8, 4) is 17.2 Å². The van der Waals surface area contributed by atoms with Crippen molar-refractivity contribution in [2.75, 3.05) is 26.6 Å². The molecule has 2 heterocycles. The lowest BCUT2D eigenvalue weighted by atomic mass is 10.0. The largest absolute Gasteiger partial charge is 0.497 e. The Balaban J connectivity index is 1.79. The van der Waals surface area contributed by atoms with Crippen LogP contribution in [0.25, 0.3) is 5.70 Å². The summed E-state index contributed by atoms with van der Waals surface area (Å²) in [6.07, 6.45) is 2.06. The number of ether oxygens (including phenoxy) is 3. The highest BCUT2D eigenvalue weighted by Crippen LogP contribution is 2.36. The second kappa shape index (κ2) is 6.99. The molecule has 0 saturated heterocycles. The molecule has 2 aromatic carbocycles. The van der Waals surface area contributed by atoms with Crippen molar-refractivity contribution >= 4 is 11.6 Å². The van der Waals surface area contributed by atoms with E-state index in [0.717, 1.165) is 28.3 Å². The van der Waals surface area contributed by atoms with Gasteiger partial charge < -0.3 is 19.5 Å². The minimum absolute atomic E-state index is 0.163. The predicted octanol–water partition coefficient (Wildman–Crippen LogP) is 2.75. The summed E-state index contributed by atoms with van der Waals surface area (Å²) in [7, 11) is 4.90. The number of allylic oxidation sites excluding steroid dienone is 1. The molecule has 138 valence electrons. The third kappa shape index (κ3) is 3.05. The molecule has 8 heteroatoms. The van der Waals surface area contributed by atoms with E-state index in [2.05, 4.69) is 26.9 Å². The minimum Gasteiger partial charge on any atom is -0.497 e. The van der Waals surface area contributed by atoms with Gasteiger partial charge in [-0.25, -0.2) is 0 Å². The summed E-state index contributed by atoms with van der Waals surface area (Å²) in [5, 5.41) is 15.3. The lowest BCUT2D eigenvalue weighted by Gasteiger charge is -2.24. The van der Waals surface area contributed by atoms with Crippen LogP contribution in [0.1, 0.15) is 17.2 Å². The zero-order valence-electron chi connectivity index (χ0n) is 15.2. The fraction of sp³-hybridized carbons (Fsp3) is 0.211. The first-order valence-corrected chi connectivity index (χ1v) is 8.36. The Bertz CT molecular complexity index is 981. The molecular formula is C19H19N5O3. The van der Waals surface area contributed by atoms with Gasteiger partial charge in [0, 0.05) is 11.6 Å². The van der Waals surface area contributed by atoms with E-state index >= 15 is 0 Å². The molecule has 1 aliphatic heterocycles. The predicted molar refractivity (Wildman–Crippen MR) is 100 cm³/mol. The number of methoxy groups -OCH3 is 3. The van der Waals surface area contributed by atoms with Gasteiger partial charge in [-0.05, 0) is 46.3 Å². The van der Waals surface area contributed by atoms with E-state index in [9.17, 15) is 0 Å². The Morgan fingerprint density at radius 2 is 1.67 bits per heavy atom. The number of nitrogens with zero attached hydrogens (tertiary/aromatic N) is 4. The second-order valence-electron chi connectivity index (χ2n) is 5.94. The number of tetrazole rings is 1. The topological polar surface area (TPSA) is 83.3 Å². The van der Waals surface area contributed by atoms with Gasteiger partial charge >= 0.3 is 0 Å². The van der Waals surface area contributed by atoms with Crippen LogP contribution in [-0.4, -0.2) is 41.5 Å². The number of anilines is 1. The normalized spacial score (nSPS) is 15.4. The number of nitrogens with one attached hydrogen (secondary N) is 1. The molecule has 3 aromatic rings. The molecule has 1 unspecified atom stereocenters. The third-order valence-electron chi connectivity index (χ3n) is 4.48. The van der Waals surface area contributed by atoms with E-state index in [1.54, 1.807) is 26.0 Å². The van der Waals surface area contributed by atoms with Crippen molar-refractivity contribution < 1.29 is 14.2 Å². The lowest BCUT2D eigenvalue weighted by molar-refractivity contribution is 0.393. The summed E-state index contributed by atoms with van der Waals surface area (Å²) in [5.41, 5.74) is 2.79. The van der Waals surface area contributed by atoms with Crippen molar-refractivity contribution in [1.82, 2.24) is 20.2 Å². The van der Waals surface area contributed by atoms with Gasteiger partial charge in [0.2, 0.25) is 5.95 Å². The standard InChI is InChI=1S/C19H19N5O3/c1-25-13-6-4-12(5-7-13)17-11-16(20-19-21-22-23-24(17)19)15-9-8-14(26-2)10-18(15)27-3/h4-11,17H,1-3H3,(H,20,21,23). The first-order chi connectivity index (χ1) is 13.2. The van der Waals surface area contributed by atoms with E-state index in [4.69, 9.17) is 14.2 Å². The van der Waals surface area contributed by atoms with Gasteiger partial charge in [0.1, 0.15) is 23.3 Å². The highest BCUT2D eigenvalue weighted by atomic mass is 16.5. The number of benzene rings is 2. The summed E-state index contributed by atoms with van der Waals surface area (Å²) < 4.78 is 17.8. The highest BCUT2D eigenvalue weighted by molar-refractivity contribution is 5.80. The fourth-order valence-corrected chi connectivity index (χ4v) is 3.07. The first kappa shape index (κ1) is 16.9. The fourth-order valence-electron chi connectivity index (χ4n) is 3.07. The van der Waals surface area contributed by atoms with E-state index < -0.39 is 0 Å². The summed E-state index contributed by atoms with van der Waals surface area (Å²) in [5.74, 6) is 2.78. The van der Waals surface area contributed by atoms with Crippen LogP contribution in [0.3, 0.4) is 0 Å². The Kier molecular flexibility index (Phi) is 4.37. The van der Waals surface area contributed by atoms with E-state index in [1.807, 2.05) is 42.5 Å². The van der Waals surface area contributed by atoms with Gasteiger partial charge in [0.05, 0.1) is 27.0 Å². The van der Waals surface area contributed by atoms with Crippen LogP contribution in [0.5, 0.6) is 17.2 Å². The van der Waals surface area contributed by atoms with E-state index in [-0.39, 0.29) is 6.04 Å². The molecule has 0 saturated carbocycles. The van der Waals surface area contributed by atoms with Gasteiger partial charge in [0.15, 0.2) is 0 Å². The van der Waals surface area contributed by atoms with Crippen LogP contribution in [0.2, 0.25) is 0 Å². The van der Waals surface area contributed by atoms with E-state index in [1.165, 1.54) is 0 Å². The smallest absolute Gasteiger partial charge is 0.248 e. The number of fused-ring (bicyclic) bond motifs is 1. The summed E-state index contributed by atoms with van der Waals surface area (Å²) in [6.45, 7) is 0. The molecule has 1 aromatic heterocycles. The maximum absolute atomic E-state index is 5.55. The van der Waals surface area contributed by atoms with Crippen LogP contribution in [-0.2, 0) is 0 Å². The monoisotopic (exact) mass is 365 g/mol. The molecule has 0 aliphatic carbocycles. The number of hydrogen-bond acceptors (Lipinski definition) is 7. The van der Waals surface area contributed by atoms with Gasteiger partial charge in [-0.1, -0.05) is 17.2 Å². The highest BCUT2D eigenvalue weighted by Gasteiger charge is 2.25. The second-order valence-corrected chi connectivity index (χ2v) is 5.94. The van der Waals surface area contributed by atoms with Crippen molar-refractivity contribution in [2.24, 2.45) is 0 Å². The Labute approximate surface area is 156 Å². The molecule has 0 amide bonds. The molecule has 8 nitrogen and oxygen atoms in total. The van der Waals surface area contributed by atoms with Gasteiger partial charge in [-0.15, -0.1) is 0 Å². The molecule has 1 atom stereocenters. The van der Waals surface area contributed by atoms with Crippen molar-refractivity contribution in [2.45, 2.75) is 6.04 Å². The van der Waals surface area contributed by atoms with Gasteiger partial charge in [0.25, 0.3) is 0 Å². The molecule has 1 N–H and O–H groups in total.